The van der Waals surface area contributed by atoms with Crippen LogP contribution in [0.4, 0.5) is 18.0 Å². The zero-order chi connectivity index (χ0) is 16.9. The van der Waals surface area contributed by atoms with Gasteiger partial charge in [0.2, 0.25) is 5.60 Å². The van der Waals surface area contributed by atoms with Crippen molar-refractivity contribution in [3.8, 4) is 0 Å². The molecule has 1 atom stereocenters. The monoisotopic (exact) mass is 332 g/mol. The Morgan fingerprint density at radius 1 is 1.26 bits per heavy atom. The first-order chi connectivity index (χ1) is 10.8. The lowest BCUT2D eigenvalue weighted by molar-refractivity contribution is -0.281. The second-order valence-electron chi connectivity index (χ2n) is 5.08. The van der Waals surface area contributed by atoms with Crippen LogP contribution in [-0.2, 0) is 25.4 Å². The third kappa shape index (κ3) is 4.37. The first-order valence-electron chi connectivity index (χ1n) is 6.94. The van der Waals surface area contributed by atoms with E-state index in [0.717, 1.165) is 5.56 Å². The van der Waals surface area contributed by atoms with Crippen LogP contribution in [0.25, 0.3) is 0 Å². The summed E-state index contributed by atoms with van der Waals surface area (Å²) in [6.45, 7) is -0.517. The molecule has 8 heteroatoms. The van der Waals surface area contributed by atoms with Crippen LogP contribution in [0.1, 0.15) is 18.4 Å². The summed E-state index contributed by atoms with van der Waals surface area (Å²) in [5.74, 6) is -1.08. The number of hydrogen-bond donors (Lipinski definition) is 0. The molecule has 0 aliphatic carbocycles. The van der Waals surface area contributed by atoms with Gasteiger partial charge in [-0.2, -0.15) is 13.2 Å². The van der Waals surface area contributed by atoms with Crippen molar-refractivity contribution in [1.82, 2.24) is 0 Å². The third-order valence-corrected chi connectivity index (χ3v) is 3.45. The molecule has 1 aliphatic rings. The average molecular weight is 332 g/mol. The molecule has 0 N–H and O–H groups in total. The third-order valence-electron chi connectivity index (χ3n) is 3.45. The highest BCUT2D eigenvalue weighted by atomic mass is 19.4. The molecule has 1 fully saturated rings. The molecule has 0 spiro atoms. The molecule has 1 aromatic carbocycles. The van der Waals surface area contributed by atoms with Gasteiger partial charge < -0.3 is 14.2 Å². The van der Waals surface area contributed by atoms with E-state index in [0.29, 0.717) is 6.42 Å². The molecule has 1 saturated heterocycles. The molecular formula is C15H15F3O5. The second kappa shape index (κ2) is 6.89. The molecule has 23 heavy (non-hydrogen) atoms. The smallest absolute Gasteiger partial charge is 0.465 e. The van der Waals surface area contributed by atoms with Crippen molar-refractivity contribution >= 4 is 12.1 Å². The lowest BCUT2D eigenvalue weighted by Gasteiger charge is -2.36. The van der Waals surface area contributed by atoms with Crippen LogP contribution in [-0.4, -0.2) is 37.1 Å². The van der Waals surface area contributed by atoms with E-state index in [9.17, 15) is 22.8 Å². The fraction of sp³-hybridized carbons (Fsp3) is 0.467. The summed E-state index contributed by atoms with van der Waals surface area (Å²) in [4.78, 5) is 22.7. The Bertz CT molecular complexity index is 558. The van der Waals surface area contributed by atoms with E-state index >= 15 is 0 Å². The van der Waals surface area contributed by atoms with Gasteiger partial charge in [-0.15, -0.1) is 0 Å². The summed E-state index contributed by atoms with van der Waals surface area (Å²) in [6.07, 6.45) is -7.67. The summed E-state index contributed by atoms with van der Waals surface area (Å²) in [5.41, 5.74) is -1.99. The Morgan fingerprint density at radius 2 is 1.96 bits per heavy atom. The fourth-order valence-electron chi connectivity index (χ4n) is 2.18. The van der Waals surface area contributed by atoms with E-state index in [2.05, 4.69) is 9.47 Å². The molecule has 0 amide bonds. The molecule has 1 unspecified atom stereocenters. The molecule has 5 nitrogen and oxygen atoms in total. The van der Waals surface area contributed by atoms with Gasteiger partial charge in [-0.3, -0.25) is 4.79 Å². The summed E-state index contributed by atoms with van der Waals surface area (Å²) in [7, 11) is 0. The van der Waals surface area contributed by atoms with Crippen LogP contribution < -0.4 is 0 Å². The molecule has 0 radical (unpaired) electrons. The van der Waals surface area contributed by atoms with Gasteiger partial charge in [0.15, 0.2) is 0 Å². The summed E-state index contributed by atoms with van der Waals surface area (Å²) in [5, 5.41) is 0. The van der Waals surface area contributed by atoms with E-state index in [-0.39, 0.29) is 6.61 Å². The highest BCUT2D eigenvalue weighted by molar-refractivity contribution is 5.72. The van der Waals surface area contributed by atoms with Gasteiger partial charge >= 0.3 is 18.3 Å². The van der Waals surface area contributed by atoms with E-state index in [4.69, 9.17) is 4.74 Å². The van der Waals surface area contributed by atoms with Crippen molar-refractivity contribution in [2.75, 3.05) is 13.2 Å². The van der Waals surface area contributed by atoms with Gasteiger partial charge in [0, 0.05) is 12.8 Å². The quantitative estimate of drug-likeness (QED) is 0.776. The van der Waals surface area contributed by atoms with Gasteiger partial charge in [0.05, 0.1) is 19.6 Å². The lowest BCUT2D eigenvalue weighted by Crippen LogP contribution is -2.54. The average Bonchev–Trinajstić information content (AvgIpc) is 2.47. The van der Waals surface area contributed by atoms with Crippen molar-refractivity contribution in [3.05, 3.63) is 35.9 Å². The number of carbonyl (C=O) groups excluding carboxylic acids is 2. The lowest BCUT2D eigenvalue weighted by atomic mass is 9.94. The van der Waals surface area contributed by atoms with Crippen molar-refractivity contribution in [2.45, 2.75) is 31.0 Å². The molecule has 2 rings (SSSR count). The Morgan fingerprint density at radius 3 is 2.57 bits per heavy atom. The number of benzene rings is 1. The van der Waals surface area contributed by atoms with Crippen LogP contribution >= 0.6 is 0 Å². The zero-order valence-electron chi connectivity index (χ0n) is 12.1. The molecule has 1 aliphatic heterocycles. The van der Waals surface area contributed by atoms with E-state index in [1.807, 2.05) is 18.2 Å². The highest BCUT2D eigenvalue weighted by Crippen LogP contribution is 2.41. The maximum Gasteiger partial charge on any atom is 0.509 e. The van der Waals surface area contributed by atoms with Gasteiger partial charge in [-0.1, -0.05) is 30.3 Å². The van der Waals surface area contributed by atoms with Crippen molar-refractivity contribution in [1.29, 1.82) is 0 Å². The molecular weight excluding hydrogens is 317 g/mol. The molecule has 1 heterocycles. The van der Waals surface area contributed by atoms with Crippen molar-refractivity contribution < 1.29 is 37.0 Å². The standard InChI is InChI=1S/C15H15F3O5/c16-15(17,18)14(7-9-22-13(20)23-14)10-12(19)21-8-6-11-4-2-1-3-5-11/h1-5H,6-10H2. The number of rotatable bonds is 5. The highest BCUT2D eigenvalue weighted by Gasteiger charge is 2.61. The largest absolute Gasteiger partial charge is 0.509 e. The second-order valence-corrected chi connectivity index (χ2v) is 5.08. The first kappa shape index (κ1) is 17.1. The maximum atomic E-state index is 13.2. The molecule has 0 aromatic heterocycles. The minimum absolute atomic E-state index is 0.0543. The van der Waals surface area contributed by atoms with Crippen molar-refractivity contribution in [2.24, 2.45) is 0 Å². The SMILES string of the molecule is O=C(CC1(C(F)(F)F)CCOC(=O)O1)OCCc1ccccc1. The molecule has 126 valence electrons. The van der Waals surface area contributed by atoms with Crippen LogP contribution in [0.5, 0.6) is 0 Å². The number of esters is 1. The summed E-state index contributed by atoms with van der Waals surface area (Å²) >= 11 is 0. The number of cyclic esters (lactones) is 2. The number of hydrogen-bond acceptors (Lipinski definition) is 5. The topological polar surface area (TPSA) is 61.8 Å². The van der Waals surface area contributed by atoms with Gasteiger partial charge in [-0.25, -0.2) is 4.79 Å². The van der Waals surface area contributed by atoms with Gasteiger partial charge in [-0.05, 0) is 5.56 Å². The minimum atomic E-state index is -4.88. The first-order valence-corrected chi connectivity index (χ1v) is 6.94. The van der Waals surface area contributed by atoms with E-state index in [1.165, 1.54) is 0 Å². The Balaban J connectivity index is 1.92. The molecule has 0 bridgehead atoms. The van der Waals surface area contributed by atoms with E-state index in [1.54, 1.807) is 12.1 Å². The van der Waals surface area contributed by atoms with Crippen LogP contribution in [0, 0.1) is 0 Å². The van der Waals surface area contributed by atoms with Gasteiger partial charge in [0.25, 0.3) is 0 Å². The van der Waals surface area contributed by atoms with E-state index < -0.39 is 43.4 Å². The molecule has 1 aromatic rings. The number of carbonyl (C=O) groups is 2. The Labute approximate surface area is 130 Å². The normalized spacial score (nSPS) is 21.3. The zero-order valence-corrected chi connectivity index (χ0v) is 12.1. The number of ether oxygens (including phenoxy) is 3. The maximum absolute atomic E-state index is 13.2. The number of halogens is 3. The van der Waals surface area contributed by atoms with Crippen LogP contribution in [0.3, 0.4) is 0 Å². The predicted molar refractivity (Wildman–Crippen MR) is 71.6 cm³/mol. The van der Waals surface area contributed by atoms with Crippen LogP contribution in [0.2, 0.25) is 0 Å². The molecule has 0 saturated carbocycles. The summed E-state index contributed by atoms with van der Waals surface area (Å²) in [6, 6.07) is 9.05. The van der Waals surface area contributed by atoms with Gasteiger partial charge in [0.1, 0.15) is 0 Å². The van der Waals surface area contributed by atoms with Crippen LogP contribution in [0.15, 0.2) is 30.3 Å². The summed E-state index contributed by atoms with van der Waals surface area (Å²) < 4.78 is 53.0. The predicted octanol–water partition coefficient (Wildman–Crippen LogP) is 3.02. The Kier molecular flexibility index (Phi) is 5.12. The van der Waals surface area contributed by atoms with Crippen molar-refractivity contribution in [3.63, 3.8) is 0 Å². The number of alkyl halides is 3. The Hall–Kier alpha value is -2.25. The fourth-order valence-corrected chi connectivity index (χ4v) is 2.18. The minimum Gasteiger partial charge on any atom is -0.465 e.